The third-order valence-electron chi connectivity index (χ3n) is 3.65. The Hall–Kier alpha value is -1.90. The Bertz CT molecular complexity index is 501. The standard InChI is InChI=1S/C17H24N2O/c1-12(2)13(3)15(11-16(19-4)17(18)20)10-14-8-6-5-7-9-14/h5-9,11-13H,10H2,1-4H3,(H2,18,20)/b15-11-,19-16?. The van der Waals surface area contributed by atoms with Gasteiger partial charge in [-0.3, -0.25) is 9.79 Å². The number of primary amides is 1. The van der Waals surface area contributed by atoms with Crippen molar-refractivity contribution in [2.45, 2.75) is 27.2 Å². The monoisotopic (exact) mass is 272 g/mol. The fraction of sp³-hybridized carbons (Fsp3) is 0.412. The number of hydrogen-bond donors (Lipinski definition) is 1. The van der Waals surface area contributed by atoms with Crippen LogP contribution in [-0.4, -0.2) is 18.7 Å². The van der Waals surface area contributed by atoms with E-state index >= 15 is 0 Å². The molecule has 3 heteroatoms. The topological polar surface area (TPSA) is 55.4 Å². The van der Waals surface area contributed by atoms with Crippen molar-refractivity contribution in [2.75, 3.05) is 7.05 Å². The Labute approximate surface area is 121 Å². The second-order valence-electron chi connectivity index (χ2n) is 5.39. The first kappa shape index (κ1) is 16.2. The average molecular weight is 272 g/mol. The van der Waals surface area contributed by atoms with Gasteiger partial charge in [-0.15, -0.1) is 0 Å². The molecule has 0 aliphatic carbocycles. The molecule has 0 heterocycles. The summed E-state index contributed by atoms with van der Waals surface area (Å²) in [5.74, 6) is 0.385. The lowest BCUT2D eigenvalue weighted by Gasteiger charge is -2.20. The number of benzene rings is 1. The zero-order chi connectivity index (χ0) is 15.1. The van der Waals surface area contributed by atoms with Crippen molar-refractivity contribution in [1.82, 2.24) is 0 Å². The number of allylic oxidation sites excluding steroid dienone is 1. The molecule has 108 valence electrons. The van der Waals surface area contributed by atoms with Crippen LogP contribution in [0.3, 0.4) is 0 Å². The number of aliphatic imine (C=N–C) groups is 1. The molecule has 0 fully saturated rings. The van der Waals surface area contributed by atoms with Gasteiger partial charge in [-0.1, -0.05) is 56.7 Å². The van der Waals surface area contributed by atoms with E-state index in [0.717, 1.165) is 6.42 Å². The van der Waals surface area contributed by atoms with Crippen LogP contribution in [0.25, 0.3) is 0 Å². The van der Waals surface area contributed by atoms with Gasteiger partial charge >= 0.3 is 0 Å². The molecule has 0 aliphatic heterocycles. The highest BCUT2D eigenvalue weighted by atomic mass is 16.1. The van der Waals surface area contributed by atoms with Crippen molar-refractivity contribution in [3.05, 3.63) is 47.5 Å². The molecule has 0 bridgehead atoms. The molecular formula is C17H24N2O. The largest absolute Gasteiger partial charge is 0.364 e. The van der Waals surface area contributed by atoms with Gasteiger partial charge in [0.25, 0.3) is 5.91 Å². The molecule has 20 heavy (non-hydrogen) atoms. The molecule has 0 saturated heterocycles. The third kappa shape index (κ3) is 4.65. The van der Waals surface area contributed by atoms with Crippen LogP contribution in [0.15, 0.2) is 47.0 Å². The second kappa shape index (κ2) is 7.63. The molecule has 1 atom stereocenters. The minimum atomic E-state index is -0.478. The van der Waals surface area contributed by atoms with Gasteiger partial charge in [0.1, 0.15) is 5.71 Å². The van der Waals surface area contributed by atoms with E-state index < -0.39 is 5.91 Å². The Morgan fingerprint density at radius 2 is 1.85 bits per heavy atom. The Morgan fingerprint density at radius 1 is 1.25 bits per heavy atom. The van der Waals surface area contributed by atoms with E-state index in [0.29, 0.717) is 17.5 Å². The normalized spacial score (nSPS) is 14.4. The molecule has 1 aromatic carbocycles. The SMILES string of the molecule is CN=C(/C=C(/Cc1ccccc1)C(C)C(C)C)C(N)=O. The maximum atomic E-state index is 11.4. The molecule has 0 aliphatic rings. The predicted octanol–water partition coefficient (Wildman–Crippen LogP) is 3.00. The molecule has 1 rings (SSSR count). The number of hydrogen-bond acceptors (Lipinski definition) is 2. The lowest BCUT2D eigenvalue weighted by atomic mass is 9.85. The summed E-state index contributed by atoms with van der Waals surface area (Å²) < 4.78 is 0. The zero-order valence-electron chi connectivity index (χ0n) is 12.8. The van der Waals surface area contributed by atoms with Crippen molar-refractivity contribution in [3.63, 3.8) is 0 Å². The van der Waals surface area contributed by atoms with Crippen LogP contribution in [-0.2, 0) is 11.2 Å². The van der Waals surface area contributed by atoms with E-state index in [-0.39, 0.29) is 0 Å². The summed E-state index contributed by atoms with van der Waals surface area (Å²) in [5, 5.41) is 0. The minimum Gasteiger partial charge on any atom is -0.364 e. The Balaban J connectivity index is 3.09. The van der Waals surface area contributed by atoms with Crippen molar-refractivity contribution in [2.24, 2.45) is 22.6 Å². The van der Waals surface area contributed by atoms with Crippen molar-refractivity contribution >= 4 is 11.6 Å². The highest BCUT2D eigenvalue weighted by molar-refractivity contribution is 6.42. The maximum absolute atomic E-state index is 11.4. The lowest BCUT2D eigenvalue weighted by molar-refractivity contribution is -0.111. The summed E-state index contributed by atoms with van der Waals surface area (Å²) >= 11 is 0. The molecule has 0 saturated carbocycles. The Morgan fingerprint density at radius 3 is 2.30 bits per heavy atom. The zero-order valence-corrected chi connectivity index (χ0v) is 12.8. The van der Waals surface area contributed by atoms with Crippen molar-refractivity contribution in [3.8, 4) is 0 Å². The van der Waals surface area contributed by atoms with Crippen LogP contribution in [0.2, 0.25) is 0 Å². The smallest absolute Gasteiger partial charge is 0.266 e. The van der Waals surface area contributed by atoms with Crippen molar-refractivity contribution < 1.29 is 4.79 Å². The fourth-order valence-corrected chi connectivity index (χ4v) is 2.02. The van der Waals surface area contributed by atoms with Crippen LogP contribution in [0, 0.1) is 11.8 Å². The fourth-order valence-electron chi connectivity index (χ4n) is 2.02. The first-order chi connectivity index (χ1) is 9.45. The molecule has 2 N–H and O–H groups in total. The Kier molecular flexibility index (Phi) is 6.16. The summed E-state index contributed by atoms with van der Waals surface area (Å²) in [6.07, 6.45) is 2.66. The van der Waals surface area contributed by atoms with Gasteiger partial charge in [0.05, 0.1) is 0 Å². The van der Waals surface area contributed by atoms with E-state index in [1.54, 1.807) is 7.05 Å². The number of amides is 1. The molecule has 0 aromatic heterocycles. The number of carbonyl (C=O) groups excluding carboxylic acids is 1. The quantitative estimate of drug-likeness (QED) is 0.795. The molecule has 1 amide bonds. The summed E-state index contributed by atoms with van der Waals surface area (Å²) in [4.78, 5) is 15.3. The molecule has 0 spiro atoms. The molecule has 3 nitrogen and oxygen atoms in total. The van der Waals surface area contributed by atoms with Gasteiger partial charge in [-0.05, 0) is 29.9 Å². The molecule has 1 aromatic rings. The summed E-state index contributed by atoms with van der Waals surface area (Å²) in [6, 6.07) is 10.2. The van der Waals surface area contributed by atoms with Gasteiger partial charge in [0, 0.05) is 7.05 Å². The number of carbonyl (C=O) groups is 1. The number of nitrogens with two attached hydrogens (primary N) is 1. The number of rotatable bonds is 6. The summed E-state index contributed by atoms with van der Waals surface area (Å²) in [7, 11) is 1.59. The first-order valence-corrected chi connectivity index (χ1v) is 6.96. The van der Waals surface area contributed by atoms with E-state index in [1.807, 2.05) is 24.3 Å². The molecule has 0 radical (unpaired) electrons. The summed E-state index contributed by atoms with van der Waals surface area (Å²) in [6.45, 7) is 6.53. The van der Waals surface area contributed by atoms with Crippen LogP contribution in [0.5, 0.6) is 0 Å². The van der Waals surface area contributed by atoms with E-state index in [2.05, 4.69) is 37.9 Å². The van der Waals surface area contributed by atoms with E-state index in [9.17, 15) is 4.79 Å². The van der Waals surface area contributed by atoms with Gasteiger partial charge in [0.15, 0.2) is 0 Å². The highest BCUT2D eigenvalue weighted by Crippen LogP contribution is 2.23. The van der Waals surface area contributed by atoms with E-state index in [4.69, 9.17) is 5.73 Å². The highest BCUT2D eigenvalue weighted by Gasteiger charge is 2.15. The van der Waals surface area contributed by atoms with Crippen LogP contribution < -0.4 is 5.73 Å². The molecular weight excluding hydrogens is 248 g/mol. The third-order valence-corrected chi connectivity index (χ3v) is 3.65. The van der Waals surface area contributed by atoms with E-state index in [1.165, 1.54) is 11.1 Å². The second-order valence-corrected chi connectivity index (χ2v) is 5.39. The van der Waals surface area contributed by atoms with Crippen LogP contribution in [0.4, 0.5) is 0 Å². The lowest BCUT2D eigenvalue weighted by Crippen LogP contribution is -2.23. The van der Waals surface area contributed by atoms with Gasteiger partial charge in [-0.25, -0.2) is 0 Å². The first-order valence-electron chi connectivity index (χ1n) is 6.96. The van der Waals surface area contributed by atoms with Crippen LogP contribution >= 0.6 is 0 Å². The van der Waals surface area contributed by atoms with Gasteiger partial charge in [0.2, 0.25) is 0 Å². The minimum absolute atomic E-state index is 0.337. The van der Waals surface area contributed by atoms with Crippen molar-refractivity contribution in [1.29, 1.82) is 0 Å². The van der Waals surface area contributed by atoms with Gasteiger partial charge < -0.3 is 5.73 Å². The summed E-state index contributed by atoms with van der Waals surface area (Å²) in [5.41, 5.74) is 8.10. The van der Waals surface area contributed by atoms with Crippen LogP contribution in [0.1, 0.15) is 26.3 Å². The predicted molar refractivity (Wildman–Crippen MR) is 84.8 cm³/mol. The maximum Gasteiger partial charge on any atom is 0.266 e. The number of nitrogens with zero attached hydrogens (tertiary/aromatic N) is 1. The van der Waals surface area contributed by atoms with Gasteiger partial charge in [-0.2, -0.15) is 0 Å². The average Bonchev–Trinajstić information content (AvgIpc) is 2.43. The molecule has 1 unspecified atom stereocenters.